The number of hydrogen-bond acceptors (Lipinski definition) is 0. The molecule has 0 nitrogen and oxygen atoms in total. The van der Waals surface area contributed by atoms with Crippen molar-refractivity contribution in [3.63, 3.8) is 0 Å². The van der Waals surface area contributed by atoms with E-state index in [0.717, 1.165) is 0 Å². The summed E-state index contributed by atoms with van der Waals surface area (Å²) in [5.41, 5.74) is 17.6. The molecule has 0 N–H and O–H groups in total. The molecule has 0 radical (unpaired) electrons. The van der Waals surface area contributed by atoms with E-state index in [0.29, 0.717) is 7.25 Å². The Balaban J connectivity index is 1.63. The summed E-state index contributed by atoms with van der Waals surface area (Å²) in [6.45, 7) is 18.7. The molecule has 0 aliphatic heterocycles. The normalized spacial score (nSPS) is 15.4. The zero-order chi connectivity index (χ0) is 32.4. The fourth-order valence-electron chi connectivity index (χ4n) is 7.64. The first-order chi connectivity index (χ1) is 21.9. The minimum absolute atomic E-state index is 0.0777. The Bertz CT molecular complexity index is 1910. The quantitative estimate of drug-likeness (QED) is 0.178. The third-order valence-corrected chi connectivity index (χ3v) is 19.2. The first-order valence-electron chi connectivity index (χ1n) is 16.9. The topological polar surface area (TPSA) is 0 Å². The fraction of sp³-hybridized carbons (Fsp3) is 0.267. The van der Waals surface area contributed by atoms with Crippen molar-refractivity contribution in [1.82, 2.24) is 0 Å². The van der Waals surface area contributed by atoms with Crippen molar-refractivity contribution < 1.29 is 21.3 Å². The molecule has 0 saturated carbocycles. The van der Waals surface area contributed by atoms with E-state index in [2.05, 4.69) is 177 Å². The Labute approximate surface area is 284 Å². The third-order valence-electron chi connectivity index (χ3n) is 10.4. The van der Waals surface area contributed by atoms with Gasteiger partial charge in [0.05, 0.1) is 0 Å². The molecule has 2 aliphatic rings. The molecular weight excluding hydrogens is 632 g/mol. The predicted molar refractivity (Wildman–Crippen MR) is 195 cm³/mol. The Hall–Kier alpha value is -3.41. The van der Waals surface area contributed by atoms with E-state index >= 15 is 0 Å². The number of fused-ring (bicyclic) bond motifs is 4. The van der Waals surface area contributed by atoms with Gasteiger partial charge < -0.3 is 0 Å². The van der Waals surface area contributed by atoms with E-state index in [-0.39, 0.29) is 10.8 Å². The molecule has 1 atom stereocenters. The maximum atomic E-state index is 2.61. The van der Waals surface area contributed by atoms with Gasteiger partial charge in [-0.2, -0.15) is 0 Å². The average molecular weight is 678 g/mol. The standard InChI is InChI=1S/C21H25.C13H10.C11H11.Zr/c1-20(2,3)16-7-9-18-14(12-16)11-15-13-17(21(4,5)6)8-10-19(15)18;1-3-7-12(8-4-1)11-13-9-5-2-6-10-13;1-8-6-7-10-4-3-5-11(10)9(8)2;/h7-13H,1-6H3;1-10H;3-7H,1-2H3;. The van der Waals surface area contributed by atoms with E-state index in [9.17, 15) is 0 Å². The van der Waals surface area contributed by atoms with E-state index in [4.69, 9.17) is 0 Å². The van der Waals surface area contributed by atoms with Crippen LogP contribution < -0.4 is 0 Å². The molecule has 0 spiro atoms. The molecule has 230 valence electrons. The molecule has 1 unspecified atom stereocenters. The van der Waals surface area contributed by atoms with Crippen LogP contribution in [-0.4, -0.2) is 3.21 Å². The molecule has 0 heterocycles. The van der Waals surface area contributed by atoms with Crippen LogP contribution in [0.1, 0.15) is 104 Å². The number of aryl methyl sites for hydroxylation is 1. The summed E-state index contributed by atoms with van der Waals surface area (Å²) < 4.78 is 2.43. The van der Waals surface area contributed by atoms with Gasteiger partial charge in [0.25, 0.3) is 0 Å². The Morgan fingerprint density at radius 2 is 1.07 bits per heavy atom. The van der Waals surface area contributed by atoms with Crippen molar-refractivity contribution in [2.24, 2.45) is 0 Å². The molecule has 5 aromatic rings. The van der Waals surface area contributed by atoms with Crippen molar-refractivity contribution in [2.75, 3.05) is 0 Å². The molecule has 5 aromatic carbocycles. The van der Waals surface area contributed by atoms with Gasteiger partial charge in [-0.3, -0.25) is 0 Å². The molecule has 46 heavy (non-hydrogen) atoms. The van der Waals surface area contributed by atoms with Gasteiger partial charge in [0.1, 0.15) is 0 Å². The van der Waals surface area contributed by atoms with Crippen LogP contribution >= 0.6 is 0 Å². The number of allylic oxidation sites excluding steroid dienone is 1. The molecule has 0 amide bonds. The van der Waals surface area contributed by atoms with Crippen molar-refractivity contribution in [3.05, 3.63) is 171 Å². The van der Waals surface area contributed by atoms with Crippen LogP contribution in [0.2, 0.25) is 0 Å². The first kappa shape index (κ1) is 31.2. The van der Waals surface area contributed by atoms with Crippen LogP contribution in [0.15, 0.2) is 115 Å². The van der Waals surface area contributed by atoms with Gasteiger partial charge in [-0.05, 0) is 0 Å². The van der Waals surface area contributed by atoms with E-state index in [1.54, 1.807) is 14.3 Å². The molecule has 0 aromatic heterocycles. The zero-order valence-electron chi connectivity index (χ0n) is 28.7. The number of benzene rings is 5. The molecular formula is C45H46Zr. The second kappa shape index (κ2) is 11.7. The van der Waals surface area contributed by atoms with Gasteiger partial charge in [0.2, 0.25) is 0 Å². The molecule has 0 bridgehead atoms. The summed E-state index contributed by atoms with van der Waals surface area (Å²) in [5, 5.41) is 0. The summed E-state index contributed by atoms with van der Waals surface area (Å²) in [5.74, 6) is 0. The SMILES string of the molecule is Cc1ccc2c(c1C)C=C[CH]2[Zr](=[C](c1ccccc1)c1ccccc1)[CH]1c2cc(C(C)(C)C)ccc2-c2ccc(C(C)(C)C)cc21. The maximum absolute atomic E-state index is 2.87. The van der Waals surface area contributed by atoms with E-state index < -0.39 is 21.3 Å². The second-order valence-corrected chi connectivity index (χ2v) is 21.9. The Morgan fingerprint density at radius 1 is 0.565 bits per heavy atom. The van der Waals surface area contributed by atoms with Crippen molar-refractivity contribution >= 4 is 9.28 Å². The molecule has 1 heteroatoms. The van der Waals surface area contributed by atoms with Crippen molar-refractivity contribution in [1.29, 1.82) is 0 Å². The summed E-state index contributed by atoms with van der Waals surface area (Å²) >= 11 is -2.87. The van der Waals surface area contributed by atoms with Gasteiger partial charge in [-0.1, -0.05) is 0 Å². The third kappa shape index (κ3) is 5.40. The van der Waals surface area contributed by atoms with Crippen LogP contribution in [0, 0.1) is 13.8 Å². The first-order valence-corrected chi connectivity index (χ1v) is 20.9. The van der Waals surface area contributed by atoms with Crippen LogP contribution in [0.4, 0.5) is 0 Å². The summed E-state index contributed by atoms with van der Waals surface area (Å²) in [4.78, 5) is 0. The van der Waals surface area contributed by atoms with Crippen LogP contribution in [0.25, 0.3) is 17.2 Å². The van der Waals surface area contributed by atoms with Crippen LogP contribution in [0.3, 0.4) is 0 Å². The second-order valence-electron chi connectivity index (χ2n) is 15.4. The number of rotatable bonds is 4. The monoisotopic (exact) mass is 676 g/mol. The van der Waals surface area contributed by atoms with Crippen LogP contribution in [-0.2, 0) is 32.1 Å². The van der Waals surface area contributed by atoms with Gasteiger partial charge in [0.15, 0.2) is 0 Å². The van der Waals surface area contributed by atoms with Crippen molar-refractivity contribution in [2.45, 2.75) is 73.5 Å². The summed E-state index contributed by atoms with van der Waals surface area (Å²) in [6, 6.07) is 42.5. The summed E-state index contributed by atoms with van der Waals surface area (Å²) in [7, 11) is 0. The molecule has 2 aliphatic carbocycles. The van der Waals surface area contributed by atoms with Gasteiger partial charge in [0, 0.05) is 0 Å². The Kier molecular flexibility index (Phi) is 7.93. The molecule has 0 saturated heterocycles. The van der Waals surface area contributed by atoms with Gasteiger partial charge >= 0.3 is 286 Å². The minimum atomic E-state index is -2.87. The average Bonchev–Trinajstić information content (AvgIpc) is 3.61. The van der Waals surface area contributed by atoms with E-state index in [1.807, 2.05) is 0 Å². The molecule has 7 rings (SSSR count). The van der Waals surface area contributed by atoms with Crippen molar-refractivity contribution in [3.8, 4) is 11.1 Å². The van der Waals surface area contributed by atoms with E-state index in [1.165, 1.54) is 55.6 Å². The zero-order valence-corrected chi connectivity index (χ0v) is 31.2. The van der Waals surface area contributed by atoms with Gasteiger partial charge in [-0.15, -0.1) is 0 Å². The Morgan fingerprint density at radius 3 is 1.54 bits per heavy atom. The number of hydrogen-bond donors (Lipinski definition) is 0. The summed E-state index contributed by atoms with van der Waals surface area (Å²) in [6.07, 6.45) is 5.07. The van der Waals surface area contributed by atoms with Crippen LogP contribution in [0.5, 0.6) is 0 Å². The predicted octanol–water partition coefficient (Wildman–Crippen LogP) is 11.6. The van der Waals surface area contributed by atoms with Gasteiger partial charge in [-0.25, -0.2) is 0 Å². The molecule has 0 fully saturated rings. The fourth-order valence-corrected chi connectivity index (χ4v) is 17.5.